The Morgan fingerprint density at radius 3 is 2.49 bits per heavy atom. The van der Waals surface area contributed by atoms with Crippen molar-refractivity contribution in [2.75, 3.05) is 23.9 Å². The molecule has 0 saturated carbocycles. The molecule has 11 heteroatoms. The first kappa shape index (κ1) is 23.1. The van der Waals surface area contributed by atoms with Crippen molar-refractivity contribution in [2.24, 2.45) is 0 Å². The van der Waals surface area contributed by atoms with E-state index in [1.54, 1.807) is 54.3 Å². The lowest BCUT2D eigenvalue weighted by Gasteiger charge is -2.13. The monoisotopic (exact) mass is 512 g/mol. The standard InChI is InChI=1S/C24H21ClN4O5S/c1-33-19-8-4-16(5-9-19)22-12-21(28-34-22)24(30)26-23-13-20(15-2-6-17(25)7-3-15)27-29(23)18-10-11-35(31,32)14-18/h2-9,12-13,18H,10-11,14H2,1H3,(H,26,30)/t18-/m1/s1. The molecule has 1 saturated heterocycles. The third kappa shape index (κ3) is 4.94. The van der Waals surface area contributed by atoms with E-state index in [1.165, 1.54) is 6.07 Å². The van der Waals surface area contributed by atoms with Gasteiger partial charge in [-0.25, -0.2) is 13.1 Å². The fraction of sp³-hybridized carbons (Fsp3) is 0.208. The molecule has 0 bridgehead atoms. The summed E-state index contributed by atoms with van der Waals surface area (Å²) in [6, 6.07) is 17.1. The fourth-order valence-electron chi connectivity index (χ4n) is 3.95. The van der Waals surface area contributed by atoms with Gasteiger partial charge in [-0.1, -0.05) is 28.9 Å². The van der Waals surface area contributed by atoms with Crippen LogP contribution in [0.5, 0.6) is 5.75 Å². The molecule has 0 radical (unpaired) electrons. The summed E-state index contributed by atoms with van der Waals surface area (Å²) in [5, 5.41) is 11.9. The average Bonchev–Trinajstić information content (AvgIpc) is 3.58. The smallest absolute Gasteiger partial charge is 0.279 e. The first-order valence-electron chi connectivity index (χ1n) is 10.8. The predicted molar refractivity (Wildman–Crippen MR) is 131 cm³/mol. The second-order valence-corrected chi connectivity index (χ2v) is 10.8. The molecule has 2 aromatic carbocycles. The molecule has 1 aliphatic heterocycles. The number of sulfone groups is 1. The van der Waals surface area contributed by atoms with Crippen LogP contribution < -0.4 is 10.1 Å². The van der Waals surface area contributed by atoms with Crippen LogP contribution in [-0.2, 0) is 9.84 Å². The fourth-order valence-corrected chi connectivity index (χ4v) is 5.77. The van der Waals surface area contributed by atoms with Gasteiger partial charge in [-0.2, -0.15) is 5.10 Å². The number of carbonyl (C=O) groups excluding carboxylic acids is 1. The van der Waals surface area contributed by atoms with E-state index in [1.807, 2.05) is 12.1 Å². The Balaban J connectivity index is 1.43. The Bertz CT molecular complexity index is 1480. The average molecular weight is 513 g/mol. The number of halogens is 1. The molecule has 9 nitrogen and oxygen atoms in total. The molecule has 3 heterocycles. The molecule has 1 aliphatic rings. The molecular formula is C24H21ClN4O5S. The summed E-state index contributed by atoms with van der Waals surface area (Å²) in [6.45, 7) is 0. The highest BCUT2D eigenvalue weighted by Gasteiger charge is 2.32. The number of rotatable bonds is 6. The van der Waals surface area contributed by atoms with E-state index in [0.29, 0.717) is 34.5 Å². The van der Waals surface area contributed by atoms with Crippen molar-refractivity contribution in [3.05, 3.63) is 71.4 Å². The SMILES string of the molecule is COc1ccc(-c2cc(C(=O)Nc3cc(-c4ccc(Cl)cc4)nn3[C@@H]3CCS(=O)(=O)C3)no2)cc1. The number of ether oxygens (including phenoxy) is 1. The van der Waals surface area contributed by atoms with Crippen LogP contribution in [0.3, 0.4) is 0 Å². The lowest BCUT2D eigenvalue weighted by Crippen LogP contribution is -2.19. The number of aromatic nitrogens is 3. The summed E-state index contributed by atoms with van der Waals surface area (Å²) in [6.07, 6.45) is 0.415. The maximum atomic E-state index is 13.0. The van der Waals surface area contributed by atoms with Crippen LogP contribution in [0.4, 0.5) is 5.82 Å². The van der Waals surface area contributed by atoms with Crippen molar-refractivity contribution in [3.63, 3.8) is 0 Å². The maximum absolute atomic E-state index is 13.0. The first-order valence-corrected chi connectivity index (χ1v) is 13.0. The highest BCUT2D eigenvalue weighted by molar-refractivity contribution is 7.91. The van der Waals surface area contributed by atoms with Gasteiger partial charge in [-0.15, -0.1) is 0 Å². The summed E-state index contributed by atoms with van der Waals surface area (Å²) in [7, 11) is -1.58. The van der Waals surface area contributed by atoms with E-state index < -0.39 is 15.7 Å². The van der Waals surface area contributed by atoms with Crippen molar-refractivity contribution in [1.82, 2.24) is 14.9 Å². The second kappa shape index (κ2) is 9.20. The minimum Gasteiger partial charge on any atom is -0.497 e. The number of methoxy groups -OCH3 is 1. The Labute approximate surface area is 206 Å². The minimum atomic E-state index is -3.16. The number of nitrogens with zero attached hydrogens (tertiary/aromatic N) is 3. The number of carbonyl (C=O) groups is 1. The molecule has 2 aromatic heterocycles. The minimum absolute atomic E-state index is 0.0385. The maximum Gasteiger partial charge on any atom is 0.279 e. The van der Waals surface area contributed by atoms with Crippen LogP contribution in [-0.4, -0.2) is 47.9 Å². The number of hydrogen-bond acceptors (Lipinski definition) is 7. The van der Waals surface area contributed by atoms with Crippen LogP contribution in [0.1, 0.15) is 23.0 Å². The third-order valence-electron chi connectivity index (χ3n) is 5.79. The molecule has 0 aliphatic carbocycles. The van der Waals surface area contributed by atoms with Crippen LogP contribution >= 0.6 is 11.6 Å². The highest BCUT2D eigenvalue weighted by Crippen LogP contribution is 2.31. The summed E-state index contributed by atoms with van der Waals surface area (Å²) in [4.78, 5) is 13.0. The van der Waals surface area contributed by atoms with Gasteiger partial charge >= 0.3 is 0 Å². The van der Waals surface area contributed by atoms with Gasteiger partial charge in [0, 0.05) is 28.3 Å². The molecule has 1 amide bonds. The first-order chi connectivity index (χ1) is 16.8. The van der Waals surface area contributed by atoms with Crippen molar-refractivity contribution in [1.29, 1.82) is 0 Å². The Hall–Kier alpha value is -3.63. The molecule has 1 N–H and O–H groups in total. The quantitative estimate of drug-likeness (QED) is 0.405. The lowest BCUT2D eigenvalue weighted by atomic mass is 10.1. The summed E-state index contributed by atoms with van der Waals surface area (Å²) < 4.78 is 36.3. The van der Waals surface area contributed by atoms with Crippen molar-refractivity contribution < 1.29 is 22.5 Å². The van der Waals surface area contributed by atoms with Gasteiger partial charge in [0.2, 0.25) is 0 Å². The van der Waals surface area contributed by atoms with E-state index in [9.17, 15) is 13.2 Å². The molecule has 5 rings (SSSR count). The molecule has 0 unspecified atom stereocenters. The van der Waals surface area contributed by atoms with Gasteiger partial charge in [0.1, 0.15) is 11.6 Å². The number of hydrogen-bond donors (Lipinski definition) is 1. The molecule has 1 fully saturated rings. The van der Waals surface area contributed by atoms with Gasteiger partial charge < -0.3 is 14.6 Å². The van der Waals surface area contributed by atoms with Crippen LogP contribution in [0, 0.1) is 0 Å². The normalized spacial score (nSPS) is 16.8. The Morgan fingerprint density at radius 2 is 1.83 bits per heavy atom. The lowest BCUT2D eigenvalue weighted by molar-refractivity contribution is 0.101. The second-order valence-electron chi connectivity index (χ2n) is 8.18. The zero-order chi connectivity index (χ0) is 24.6. The van der Waals surface area contributed by atoms with Gasteiger partial charge in [0.25, 0.3) is 5.91 Å². The van der Waals surface area contributed by atoms with E-state index in [4.69, 9.17) is 20.9 Å². The van der Waals surface area contributed by atoms with E-state index in [0.717, 1.165) is 11.1 Å². The highest BCUT2D eigenvalue weighted by atomic mass is 35.5. The zero-order valence-electron chi connectivity index (χ0n) is 18.6. The largest absolute Gasteiger partial charge is 0.497 e. The molecule has 4 aromatic rings. The zero-order valence-corrected chi connectivity index (χ0v) is 20.2. The molecule has 180 valence electrons. The summed E-state index contributed by atoms with van der Waals surface area (Å²) in [5.41, 5.74) is 2.19. The van der Waals surface area contributed by atoms with Gasteiger partial charge in [-0.05, 0) is 42.8 Å². The van der Waals surface area contributed by atoms with E-state index in [2.05, 4.69) is 15.6 Å². The Morgan fingerprint density at radius 1 is 1.11 bits per heavy atom. The van der Waals surface area contributed by atoms with Crippen molar-refractivity contribution in [2.45, 2.75) is 12.5 Å². The number of anilines is 1. The molecule has 35 heavy (non-hydrogen) atoms. The molecular weight excluding hydrogens is 492 g/mol. The molecule has 1 atom stereocenters. The number of amides is 1. The van der Waals surface area contributed by atoms with Crippen LogP contribution in [0.25, 0.3) is 22.6 Å². The summed E-state index contributed by atoms with van der Waals surface area (Å²) in [5.74, 6) is 1.04. The molecule has 0 spiro atoms. The van der Waals surface area contributed by atoms with E-state index in [-0.39, 0.29) is 23.2 Å². The summed E-state index contributed by atoms with van der Waals surface area (Å²) >= 11 is 6.00. The van der Waals surface area contributed by atoms with Gasteiger partial charge in [0.15, 0.2) is 21.3 Å². The van der Waals surface area contributed by atoms with Crippen LogP contribution in [0.2, 0.25) is 5.02 Å². The van der Waals surface area contributed by atoms with Crippen LogP contribution in [0.15, 0.2) is 65.2 Å². The van der Waals surface area contributed by atoms with Crippen molar-refractivity contribution in [3.8, 4) is 28.3 Å². The van der Waals surface area contributed by atoms with Gasteiger partial charge in [0.05, 0.1) is 30.4 Å². The third-order valence-corrected chi connectivity index (χ3v) is 7.79. The Kier molecular flexibility index (Phi) is 6.08. The topological polar surface area (TPSA) is 116 Å². The predicted octanol–water partition coefficient (Wildman–Crippen LogP) is 4.48. The van der Waals surface area contributed by atoms with Crippen molar-refractivity contribution >= 4 is 33.2 Å². The number of benzene rings is 2. The van der Waals surface area contributed by atoms with E-state index >= 15 is 0 Å². The van der Waals surface area contributed by atoms with Gasteiger partial charge in [-0.3, -0.25) is 4.79 Å². The number of nitrogens with one attached hydrogen (secondary N) is 1.